The molecule has 8 heteroatoms. The van der Waals surface area contributed by atoms with Crippen LogP contribution in [-0.4, -0.2) is 50.8 Å². The molecule has 1 unspecified atom stereocenters. The molecule has 3 N–H and O–H groups in total. The van der Waals surface area contributed by atoms with Gasteiger partial charge in [-0.25, -0.2) is 4.68 Å². The fourth-order valence-corrected chi connectivity index (χ4v) is 2.09. The molecule has 1 aliphatic rings. The molecule has 2 heterocycles. The number of nitrogens with zero attached hydrogens (tertiary/aromatic N) is 4. The molecular formula is C11H18N6O2. The first-order valence-electron chi connectivity index (χ1n) is 6.25. The molecule has 0 aromatic carbocycles. The number of anilines is 1. The summed E-state index contributed by atoms with van der Waals surface area (Å²) in [6, 6.07) is 0.0587. The van der Waals surface area contributed by atoms with E-state index in [-0.39, 0.29) is 24.4 Å². The Morgan fingerprint density at radius 3 is 3.05 bits per heavy atom. The maximum atomic E-state index is 12.0. The summed E-state index contributed by atoms with van der Waals surface area (Å²) in [7, 11) is 0. The highest BCUT2D eigenvalue weighted by molar-refractivity contribution is 5.87. The number of nitrogens with one attached hydrogen (secondary N) is 1. The minimum Gasteiger partial charge on any atom is -0.340 e. The summed E-state index contributed by atoms with van der Waals surface area (Å²) in [5.74, 6) is 0.0884. The zero-order valence-corrected chi connectivity index (χ0v) is 10.9. The van der Waals surface area contributed by atoms with E-state index in [0.717, 1.165) is 19.4 Å². The standard InChI is InChI=1S/C11H18N6O2/c1-8(18)13-10-6-17(15-14-10)7-11(19)16-4-2-3-9(12)5-16/h6,9H,2-5,7,12H2,1H3,(H,13,18). The normalized spacial score (nSPS) is 19.3. The van der Waals surface area contributed by atoms with Crippen LogP contribution in [0, 0.1) is 0 Å². The Balaban J connectivity index is 1.91. The Kier molecular flexibility index (Phi) is 4.10. The number of amides is 2. The zero-order valence-electron chi connectivity index (χ0n) is 10.9. The minimum atomic E-state index is -0.222. The second-order valence-electron chi connectivity index (χ2n) is 4.72. The zero-order chi connectivity index (χ0) is 13.8. The highest BCUT2D eigenvalue weighted by Crippen LogP contribution is 2.09. The van der Waals surface area contributed by atoms with Crippen LogP contribution >= 0.6 is 0 Å². The van der Waals surface area contributed by atoms with Gasteiger partial charge in [-0.15, -0.1) is 5.10 Å². The Bertz CT molecular complexity index is 472. The Morgan fingerprint density at radius 1 is 1.58 bits per heavy atom. The highest BCUT2D eigenvalue weighted by atomic mass is 16.2. The Labute approximate surface area is 110 Å². The molecule has 1 aliphatic heterocycles. The van der Waals surface area contributed by atoms with Crippen molar-refractivity contribution in [1.29, 1.82) is 0 Å². The third-order valence-electron chi connectivity index (χ3n) is 2.95. The molecule has 1 aromatic heterocycles. The van der Waals surface area contributed by atoms with E-state index in [2.05, 4.69) is 15.6 Å². The highest BCUT2D eigenvalue weighted by Gasteiger charge is 2.21. The topological polar surface area (TPSA) is 106 Å². The first-order chi connectivity index (χ1) is 9.04. The summed E-state index contributed by atoms with van der Waals surface area (Å²) in [6.45, 7) is 2.82. The molecule has 0 spiro atoms. The van der Waals surface area contributed by atoms with E-state index in [1.165, 1.54) is 17.8 Å². The molecular weight excluding hydrogens is 248 g/mol. The molecule has 0 aliphatic carbocycles. The lowest BCUT2D eigenvalue weighted by atomic mass is 10.1. The van der Waals surface area contributed by atoms with Crippen molar-refractivity contribution in [3.05, 3.63) is 6.20 Å². The van der Waals surface area contributed by atoms with Crippen LogP contribution in [-0.2, 0) is 16.1 Å². The van der Waals surface area contributed by atoms with Crippen LogP contribution in [0.4, 0.5) is 5.82 Å². The number of hydrogen-bond acceptors (Lipinski definition) is 5. The van der Waals surface area contributed by atoms with Crippen molar-refractivity contribution < 1.29 is 9.59 Å². The maximum absolute atomic E-state index is 12.0. The van der Waals surface area contributed by atoms with Gasteiger partial charge in [-0.2, -0.15) is 0 Å². The second kappa shape index (κ2) is 5.79. The van der Waals surface area contributed by atoms with Crippen molar-refractivity contribution in [2.45, 2.75) is 32.4 Å². The van der Waals surface area contributed by atoms with Crippen LogP contribution in [0.3, 0.4) is 0 Å². The largest absolute Gasteiger partial charge is 0.340 e. The summed E-state index contributed by atoms with van der Waals surface area (Å²) in [5.41, 5.74) is 5.84. The molecule has 1 saturated heterocycles. The molecule has 1 aromatic rings. The molecule has 2 amide bonds. The number of hydrogen-bond donors (Lipinski definition) is 2. The Hall–Kier alpha value is -1.96. The molecule has 2 rings (SSSR count). The van der Waals surface area contributed by atoms with Crippen molar-refractivity contribution in [2.75, 3.05) is 18.4 Å². The number of rotatable bonds is 3. The fraction of sp³-hybridized carbons (Fsp3) is 0.636. The van der Waals surface area contributed by atoms with E-state index < -0.39 is 0 Å². The second-order valence-corrected chi connectivity index (χ2v) is 4.72. The number of carbonyl (C=O) groups excluding carboxylic acids is 2. The number of nitrogens with two attached hydrogens (primary N) is 1. The van der Waals surface area contributed by atoms with E-state index >= 15 is 0 Å². The van der Waals surface area contributed by atoms with Gasteiger partial charge in [-0.05, 0) is 12.8 Å². The summed E-state index contributed by atoms with van der Waals surface area (Å²) in [6.07, 6.45) is 3.42. The third-order valence-corrected chi connectivity index (χ3v) is 2.95. The number of piperidine rings is 1. The van der Waals surface area contributed by atoms with Crippen molar-refractivity contribution in [1.82, 2.24) is 19.9 Å². The summed E-state index contributed by atoms with van der Waals surface area (Å²) < 4.78 is 1.41. The van der Waals surface area contributed by atoms with Crippen molar-refractivity contribution in [2.24, 2.45) is 5.73 Å². The van der Waals surface area contributed by atoms with Gasteiger partial charge in [0, 0.05) is 26.1 Å². The van der Waals surface area contributed by atoms with Gasteiger partial charge in [0.2, 0.25) is 11.8 Å². The molecule has 19 heavy (non-hydrogen) atoms. The average molecular weight is 266 g/mol. The lowest BCUT2D eigenvalue weighted by Gasteiger charge is -2.30. The van der Waals surface area contributed by atoms with Crippen LogP contribution in [0.1, 0.15) is 19.8 Å². The SMILES string of the molecule is CC(=O)Nc1cn(CC(=O)N2CCCC(N)C2)nn1. The van der Waals surface area contributed by atoms with Crippen LogP contribution < -0.4 is 11.1 Å². The average Bonchev–Trinajstić information content (AvgIpc) is 2.75. The first-order valence-corrected chi connectivity index (χ1v) is 6.25. The van der Waals surface area contributed by atoms with Crippen LogP contribution in [0.5, 0.6) is 0 Å². The number of likely N-dealkylation sites (tertiary alicyclic amines) is 1. The smallest absolute Gasteiger partial charge is 0.244 e. The Morgan fingerprint density at radius 2 is 2.37 bits per heavy atom. The van der Waals surface area contributed by atoms with Gasteiger partial charge >= 0.3 is 0 Å². The number of carbonyl (C=O) groups is 2. The lowest BCUT2D eigenvalue weighted by Crippen LogP contribution is -2.46. The van der Waals surface area contributed by atoms with Gasteiger partial charge in [-0.3, -0.25) is 9.59 Å². The van der Waals surface area contributed by atoms with Crippen molar-refractivity contribution in [3.8, 4) is 0 Å². The molecule has 1 atom stereocenters. The van der Waals surface area contributed by atoms with Gasteiger partial charge < -0.3 is 16.0 Å². The molecule has 1 fully saturated rings. The minimum absolute atomic E-state index is 0.0329. The molecule has 0 bridgehead atoms. The van der Waals surface area contributed by atoms with Gasteiger partial charge in [0.25, 0.3) is 0 Å². The van der Waals surface area contributed by atoms with Gasteiger partial charge in [-0.1, -0.05) is 5.21 Å². The lowest BCUT2D eigenvalue weighted by molar-refractivity contribution is -0.133. The monoisotopic (exact) mass is 266 g/mol. The molecule has 104 valence electrons. The predicted octanol–water partition coefficient (Wildman–Crippen LogP) is -0.814. The molecule has 0 radical (unpaired) electrons. The van der Waals surface area contributed by atoms with E-state index in [0.29, 0.717) is 12.4 Å². The van der Waals surface area contributed by atoms with E-state index in [1.54, 1.807) is 4.90 Å². The fourth-order valence-electron chi connectivity index (χ4n) is 2.09. The van der Waals surface area contributed by atoms with E-state index in [4.69, 9.17) is 5.73 Å². The first kappa shape index (κ1) is 13.5. The quantitative estimate of drug-likeness (QED) is 0.744. The summed E-state index contributed by atoms with van der Waals surface area (Å²) in [4.78, 5) is 24.6. The predicted molar refractivity (Wildman–Crippen MR) is 68.1 cm³/mol. The maximum Gasteiger partial charge on any atom is 0.244 e. The van der Waals surface area contributed by atoms with Crippen molar-refractivity contribution in [3.63, 3.8) is 0 Å². The van der Waals surface area contributed by atoms with Gasteiger partial charge in [0.15, 0.2) is 5.82 Å². The van der Waals surface area contributed by atoms with Gasteiger partial charge in [0.1, 0.15) is 6.54 Å². The summed E-state index contributed by atoms with van der Waals surface area (Å²) >= 11 is 0. The summed E-state index contributed by atoms with van der Waals surface area (Å²) in [5, 5.41) is 10.1. The third kappa shape index (κ3) is 3.75. The van der Waals surface area contributed by atoms with Crippen LogP contribution in [0.2, 0.25) is 0 Å². The number of aromatic nitrogens is 3. The van der Waals surface area contributed by atoms with Crippen LogP contribution in [0.25, 0.3) is 0 Å². The van der Waals surface area contributed by atoms with E-state index in [1.807, 2.05) is 0 Å². The van der Waals surface area contributed by atoms with E-state index in [9.17, 15) is 9.59 Å². The van der Waals surface area contributed by atoms with Crippen LogP contribution in [0.15, 0.2) is 6.20 Å². The van der Waals surface area contributed by atoms with Gasteiger partial charge in [0.05, 0.1) is 6.20 Å². The molecule has 8 nitrogen and oxygen atoms in total. The van der Waals surface area contributed by atoms with Crippen molar-refractivity contribution >= 4 is 17.6 Å². The molecule has 0 saturated carbocycles.